The van der Waals surface area contributed by atoms with Gasteiger partial charge in [0.25, 0.3) is 5.91 Å². The molecular weight excluding hydrogens is 384 g/mol. The van der Waals surface area contributed by atoms with Crippen LogP contribution >= 0.6 is 11.6 Å². The molecule has 1 N–H and O–H groups in total. The van der Waals surface area contributed by atoms with Crippen molar-refractivity contribution in [2.24, 2.45) is 0 Å². The van der Waals surface area contributed by atoms with Crippen LogP contribution in [0.4, 0.5) is 10.6 Å². The number of halogens is 1. The molecule has 0 saturated heterocycles. The highest BCUT2D eigenvalue weighted by Crippen LogP contribution is 2.27. The zero-order valence-electron chi connectivity index (χ0n) is 16.7. The molecule has 0 aliphatic heterocycles. The van der Waals surface area contributed by atoms with Crippen molar-refractivity contribution in [3.05, 3.63) is 28.9 Å². The molecule has 2 aromatic heterocycles. The average Bonchev–Trinajstić information content (AvgIpc) is 2.99. The van der Waals surface area contributed by atoms with Gasteiger partial charge in [0.1, 0.15) is 11.4 Å². The van der Waals surface area contributed by atoms with E-state index in [2.05, 4.69) is 10.4 Å². The van der Waals surface area contributed by atoms with E-state index in [4.69, 9.17) is 21.1 Å². The quantitative estimate of drug-likeness (QED) is 0.839. The van der Waals surface area contributed by atoms with Crippen LogP contribution in [0.25, 0.3) is 5.52 Å². The monoisotopic (exact) mass is 408 g/mol. The van der Waals surface area contributed by atoms with Gasteiger partial charge in [0.15, 0.2) is 0 Å². The summed E-state index contributed by atoms with van der Waals surface area (Å²) in [6, 6.07) is 3.22. The van der Waals surface area contributed by atoms with Crippen LogP contribution in [-0.2, 0) is 9.47 Å². The van der Waals surface area contributed by atoms with E-state index in [0.717, 1.165) is 12.8 Å². The predicted molar refractivity (Wildman–Crippen MR) is 106 cm³/mol. The highest BCUT2D eigenvalue weighted by Gasteiger charge is 2.33. The van der Waals surface area contributed by atoms with Gasteiger partial charge in [-0.15, -0.1) is 0 Å². The minimum absolute atomic E-state index is 0.0180. The maximum absolute atomic E-state index is 12.7. The van der Waals surface area contributed by atoms with E-state index in [1.54, 1.807) is 47.1 Å². The minimum atomic E-state index is -0.640. The Kier molecular flexibility index (Phi) is 5.54. The highest BCUT2D eigenvalue weighted by molar-refractivity contribution is 6.31. The Morgan fingerprint density at radius 1 is 1.32 bits per heavy atom. The average molecular weight is 409 g/mol. The molecule has 1 aliphatic rings. The molecule has 1 fully saturated rings. The van der Waals surface area contributed by atoms with Crippen molar-refractivity contribution in [2.45, 2.75) is 51.4 Å². The first-order chi connectivity index (χ1) is 13.1. The maximum Gasteiger partial charge on any atom is 0.415 e. The molecule has 1 saturated carbocycles. The van der Waals surface area contributed by atoms with Crippen molar-refractivity contribution < 1.29 is 19.1 Å². The van der Waals surface area contributed by atoms with Gasteiger partial charge in [-0.2, -0.15) is 5.10 Å². The van der Waals surface area contributed by atoms with E-state index >= 15 is 0 Å². The molecular formula is C19H25ClN4O4. The standard InChI is InChI=1S/C19H25ClN4O4/c1-19(2,3)28-18(26)23(4)16-9-11(20)8-14-12(10-21-24(14)16)17(25)22-13-6-7-15(13)27-5/h8-10,13,15H,6-7H2,1-5H3,(H,22,25)/t13?,15-/m0/s1. The summed E-state index contributed by atoms with van der Waals surface area (Å²) < 4.78 is 12.2. The van der Waals surface area contributed by atoms with E-state index in [-0.39, 0.29) is 18.1 Å². The molecule has 1 aliphatic carbocycles. The number of aromatic nitrogens is 2. The Bertz CT molecular complexity index is 903. The van der Waals surface area contributed by atoms with Crippen molar-refractivity contribution in [1.29, 1.82) is 0 Å². The van der Waals surface area contributed by atoms with Gasteiger partial charge in [-0.05, 0) is 45.7 Å². The van der Waals surface area contributed by atoms with Crippen molar-refractivity contribution in [3.63, 3.8) is 0 Å². The van der Waals surface area contributed by atoms with Crippen LogP contribution in [0.3, 0.4) is 0 Å². The number of nitrogens with one attached hydrogen (secondary N) is 1. The molecule has 0 aromatic carbocycles. The first kappa shape index (κ1) is 20.4. The van der Waals surface area contributed by atoms with Crippen molar-refractivity contribution in [3.8, 4) is 0 Å². The molecule has 0 radical (unpaired) electrons. The second-order valence-electron chi connectivity index (χ2n) is 7.86. The molecule has 9 heteroatoms. The third-order valence-corrected chi connectivity index (χ3v) is 4.87. The molecule has 2 heterocycles. The fourth-order valence-corrected chi connectivity index (χ4v) is 3.24. The number of carbonyl (C=O) groups is 2. The number of rotatable bonds is 4. The Balaban J connectivity index is 1.90. The number of hydrogen-bond donors (Lipinski definition) is 1. The first-order valence-corrected chi connectivity index (χ1v) is 9.46. The minimum Gasteiger partial charge on any atom is -0.443 e. The molecule has 0 bridgehead atoms. The topological polar surface area (TPSA) is 85.2 Å². The molecule has 0 spiro atoms. The van der Waals surface area contributed by atoms with Gasteiger partial charge in [0, 0.05) is 19.2 Å². The fraction of sp³-hybridized carbons (Fsp3) is 0.526. The molecule has 152 valence electrons. The summed E-state index contributed by atoms with van der Waals surface area (Å²) in [5, 5.41) is 7.64. The Morgan fingerprint density at radius 3 is 2.61 bits per heavy atom. The maximum atomic E-state index is 12.7. The molecule has 3 rings (SSSR count). The number of pyridine rings is 1. The Labute approximate surface area is 168 Å². The van der Waals surface area contributed by atoms with Gasteiger partial charge >= 0.3 is 6.09 Å². The summed E-state index contributed by atoms with van der Waals surface area (Å²) in [6.45, 7) is 5.36. The third kappa shape index (κ3) is 4.07. The second kappa shape index (κ2) is 7.60. The van der Waals surface area contributed by atoms with E-state index in [1.165, 1.54) is 15.6 Å². The molecule has 2 amide bonds. The number of hydrogen-bond acceptors (Lipinski definition) is 5. The molecule has 1 unspecified atom stereocenters. The number of carbonyl (C=O) groups excluding carboxylic acids is 2. The van der Waals surface area contributed by atoms with Crippen LogP contribution < -0.4 is 10.2 Å². The lowest BCUT2D eigenvalue weighted by atomic mass is 9.89. The summed E-state index contributed by atoms with van der Waals surface area (Å²) in [5.74, 6) is 0.143. The molecule has 2 aromatic rings. The number of anilines is 1. The van der Waals surface area contributed by atoms with Gasteiger partial charge in [0.2, 0.25) is 0 Å². The largest absolute Gasteiger partial charge is 0.443 e. The van der Waals surface area contributed by atoms with Gasteiger partial charge in [-0.3, -0.25) is 9.69 Å². The lowest BCUT2D eigenvalue weighted by Crippen LogP contribution is -2.51. The Hall–Kier alpha value is -2.32. The van der Waals surface area contributed by atoms with Crippen LogP contribution in [-0.4, -0.2) is 53.5 Å². The number of methoxy groups -OCH3 is 1. The van der Waals surface area contributed by atoms with Crippen LogP contribution in [0.15, 0.2) is 18.3 Å². The van der Waals surface area contributed by atoms with Crippen LogP contribution in [0, 0.1) is 0 Å². The van der Waals surface area contributed by atoms with Gasteiger partial charge in [-0.25, -0.2) is 9.31 Å². The third-order valence-electron chi connectivity index (χ3n) is 4.65. The van der Waals surface area contributed by atoms with Gasteiger partial charge < -0.3 is 14.8 Å². The molecule has 2 atom stereocenters. The normalized spacial score (nSPS) is 19.2. The van der Waals surface area contributed by atoms with E-state index < -0.39 is 11.7 Å². The second-order valence-corrected chi connectivity index (χ2v) is 8.29. The zero-order chi connectivity index (χ0) is 20.6. The molecule has 8 nitrogen and oxygen atoms in total. The van der Waals surface area contributed by atoms with Crippen LogP contribution in [0.1, 0.15) is 44.0 Å². The van der Waals surface area contributed by atoms with Crippen molar-refractivity contribution in [2.75, 3.05) is 19.1 Å². The number of fused-ring (bicyclic) bond motifs is 1. The smallest absolute Gasteiger partial charge is 0.415 e. The summed E-state index contributed by atoms with van der Waals surface area (Å²) in [7, 11) is 3.20. The molecule has 28 heavy (non-hydrogen) atoms. The number of ether oxygens (including phenoxy) is 2. The van der Waals surface area contributed by atoms with Crippen LogP contribution in [0.2, 0.25) is 5.02 Å². The van der Waals surface area contributed by atoms with Crippen molar-refractivity contribution in [1.82, 2.24) is 14.9 Å². The van der Waals surface area contributed by atoms with Crippen molar-refractivity contribution >= 4 is 34.9 Å². The Morgan fingerprint density at radius 2 is 2.04 bits per heavy atom. The van der Waals surface area contributed by atoms with E-state index in [1.807, 2.05) is 0 Å². The number of nitrogens with zero attached hydrogens (tertiary/aromatic N) is 3. The summed E-state index contributed by atoms with van der Waals surface area (Å²) in [6.07, 6.45) is 2.75. The van der Waals surface area contributed by atoms with Crippen LogP contribution in [0.5, 0.6) is 0 Å². The van der Waals surface area contributed by atoms with E-state index in [0.29, 0.717) is 21.9 Å². The lowest BCUT2D eigenvalue weighted by Gasteiger charge is -2.35. The summed E-state index contributed by atoms with van der Waals surface area (Å²) in [5.41, 5.74) is 0.241. The SMILES string of the molecule is CO[C@H]1CCC1NC(=O)c1cnn2c(N(C)C(=O)OC(C)(C)C)cc(Cl)cc12. The summed E-state index contributed by atoms with van der Waals surface area (Å²) >= 11 is 6.26. The van der Waals surface area contributed by atoms with Gasteiger partial charge in [0.05, 0.1) is 29.4 Å². The fourth-order valence-electron chi connectivity index (χ4n) is 3.04. The first-order valence-electron chi connectivity index (χ1n) is 9.08. The van der Waals surface area contributed by atoms with E-state index in [9.17, 15) is 9.59 Å². The highest BCUT2D eigenvalue weighted by atomic mass is 35.5. The lowest BCUT2D eigenvalue weighted by molar-refractivity contribution is 0.00732. The number of amides is 2. The summed E-state index contributed by atoms with van der Waals surface area (Å²) in [4.78, 5) is 26.5. The predicted octanol–water partition coefficient (Wildman–Crippen LogP) is 3.27. The van der Waals surface area contributed by atoms with Gasteiger partial charge in [-0.1, -0.05) is 11.6 Å². The zero-order valence-corrected chi connectivity index (χ0v) is 17.4.